The summed E-state index contributed by atoms with van der Waals surface area (Å²) in [6.45, 7) is 4.21. The second-order valence-electron chi connectivity index (χ2n) is 4.32. The van der Waals surface area contributed by atoms with Crippen molar-refractivity contribution in [2.75, 3.05) is 0 Å². The zero-order valence-corrected chi connectivity index (χ0v) is 11.9. The summed E-state index contributed by atoms with van der Waals surface area (Å²) >= 11 is 0. The number of nitrogens with zero attached hydrogens (tertiary/aromatic N) is 1. The normalized spacial score (nSPS) is 12.9. The summed E-state index contributed by atoms with van der Waals surface area (Å²) < 4.78 is 26.2. The van der Waals surface area contributed by atoms with Crippen LogP contribution in [-0.4, -0.2) is 30.5 Å². The van der Waals surface area contributed by atoms with Gasteiger partial charge in [-0.25, -0.2) is 8.42 Å². The van der Waals surface area contributed by atoms with Crippen LogP contribution in [0.4, 0.5) is 5.69 Å². The zero-order valence-electron chi connectivity index (χ0n) is 11.1. The lowest BCUT2D eigenvalue weighted by molar-refractivity contribution is -0.385. The van der Waals surface area contributed by atoms with Crippen LogP contribution in [0.1, 0.15) is 18.1 Å². The summed E-state index contributed by atoms with van der Waals surface area (Å²) in [5.74, 6) is -1.34. The lowest BCUT2D eigenvalue weighted by Crippen LogP contribution is -2.38. The van der Waals surface area contributed by atoms with Crippen molar-refractivity contribution in [1.82, 2.24) is 4.72 Å². The molecule has 0 bridgehead atoms. The molecule has 0 spiro atoms. The minimum Gasteiger partial charge on any atom is -0.480 e. The van der Waals surface area contributed by atoms with Crippen molar-refractivity contribution < 1.29 is 23.2 Å². The van der Waals surface area contributed by atoms with Gasteiger partial charge in [0.15, 0.2) is 0 Å². The zero-order chi connectivity index (χ0) is 15.7. The molecule has 0 amide bonds. The van der Waals surface area contributed by atoms with Crippen molar-refractivity contribution >= 4 is 21.7 Å². The highest BCUT2D eigenvalue weighted by atomic mass is 32.2. The minimum absolute atomic E-state index is 0.294. The van der Waals surface area contributed by atoms with Crippen LogP contribution in [0.5, 0.6) is 0 Å². The van der Waals surface area contributed by atoms with Crippen molar-refractivity contribution in [2.24, 2.45) is 0 Å². The summed E-state index contributed by atoms with van der Waals surface area (Å²) in [5, 5.41) is 19.5. The number of hydrogen-bond donors (Lipinski definition) is 2. The number of carboxylic acid groups (broad SMARTS) is 1. The molecule has 0 unspecified atom stereocenters. The monoisotopic (exact) mass is 302 g/mol. The van der Waals surface area contributed by atoms with Crippen molar-refractivity contribution in [2.45, 2.75) is 31.7 Å². The Kier molecular flexibility index (Phi) is 4.46. The maximum Gasteiger partial charge on any atom is 0.321 e. The Labute approximate surface area is 115 Å². The molecule has 1 aromatic rings. The third-order valence-corrected chi connectivity index (χ3v) is 4.47. The molecule has 0 aliphatic carbocycles. The molecule has 0 aliphatic heterocycles. The molecule has 0 fully saturated rings. The van der Waals surface area contributed by atoms with Gasteiger partial charge in [0, 0.05) is 12.1 Å². The van der Waals surface area contributed by atoms with Gasteiger partial charge in [0.1, 0.15) is 6.04 Å². The third-order valence-electron chi connectivity index (χ3n) is 2.81. The van der Waals surface area contributed by atoms with Gasteiger partial charge in [0.05, 0.1) is 9.82 Å². The fraction of sp³-hybridized carbons (Fsp3) is 0.364. The second kappa shape index (κ2) is 5.55. The van der Waals surface area contributed by atoms with E-state index in [9.17, 15) is 23.3 Å². The van der Waals surface area contributed by atoms with E-state index in [1.165, 1.54) is 19.9 Å². The molecule has 1 atom stereocenters. The van der Waals surface area contributed by atoms with Gasteiger partial charge < -0.3 is 5.11 Å². The van der Waals surface area contributed by atoms with Gasteiger partial charge in [-0.1, -0.05) is 0 Å². The number of aryl methyl sites for hydroxylation is 1. The molecule has 0 aliphatic rings. The number of nitrogens with one attached hydrogen (secondary N) is 1. The first-order valence-corrected chi connectivity index (χ1v) is 7.05. The molecule has 9 heteroatoms. The molecule has 8 nitrogen and oxygen atoms in total. The predicted molar refractivity (Wildman–Crippen MR) is 70.0 cm³/mol. The van der Waals surface area contributed by atoms with Crippen LogP contribution < -0.4 is 4.72 Å². The third kappa shape index (κ3) is 3.31. The average Bonchev–Trinajstić information content (AvgIpc) is 2.31. The summed E-state index contributed by atoms with van der Waals surface area (Å²) in [5.41, 5.74) is 0.402. The fourth-order valence-corrected chi connectivity index (χ4v) is 3.07. The Bertz CT molecular complexity index is 668. The molecule has 0 saturated carbocycles. The minimum atomic E-state index is -4.15. The van der Waals surface area contributed by atoms with E-state index in [4.69, 9.17) is 5.11 Å². The summed E-state index contributed by atoms with van der Waals surface area (Å²) in [6.07, 6.45) is 0. The van der Waals surface area contributed by atoms with Gasteiger partial charge in [0.2, 0.25) is 10.0 Å². The number of carbonyl (C=O) groups is 1. The van der Waals surface area contributed by atoms with Gasteiger partial charge in [-0.05, 0) is 31.9 Å². The van der Waals surface area contributed by atoms with Crippen LogP contribution in [-0.2, 0) is 14.8 Å². The molecule has 20 heavy (non-hydrogen) atoms. The lowest BCUT2D eigenvalue weighted by Gasteiger charge is -2.13. The number of non-ortho nitro benzene ring substituents is 1. The standard InChI is InChI=1S/C11H14N2O6S/c1-6-4-9(13(16)17)5-10(7(6)2)20(18,19)12-8(3)11(14)15/h4-5,8,12H,1-3H3,(H,14,15)/t8-/m1/s1. The Morgan fingerprint density at radius 2 is 1.95 bits per heavy atom. The molecule has 1 aromatic carbocycles. The van der Waals surface area contributed by atoms with Crippen LogP contribution in [0.3, 0.4) is 0 Å². The van der Waals surface area contributed by atoms with Gasteiger partial charge in [0.25, 0.3) is 5.69 Å². The highest BCUT2D eigenvalue weighted by Crippen LogP contribution is 2.25. The van der Waals surface area contributed by atoms with Crippen LogP contribution in [0, 0.1) is 24.0 Å². The number of rotatable bonds is 5. The van der Waals surface area contributed by atoms with E-state index in [0.717, 1.165) is 6.07 Å². The number of carboxylic acids is 1. The molecule has 0 radical (unpaired) electrons. The first-order valence-electron chi connectivity index (χ1n) is 5.57. The molecule has 0 aromatic heterocycles. The van der Waals surface area contributed by atoms with E-state index in [1.807, 2.05) is 4.72 Å². The van der Waals surface area contributed by atoms with Crippen LogP contribution in [0.2, 0.25) is 0 Å². The van der Waals surface area contributed by atoms with Crippen molar-refractivity contribution in [1.29, 1.82) is 0 Å². The smallest absolute Gasteiger partial charge is 0.321 e. The van der Waals surface area contributed by atoms with E-state index in [2.05, 4.69) is 0 Å². The van der Waals surface area contributed by atoms with Crippen LogP contribution in [0.25, 0.3) is 0 Å². The number of nitro benzene ring substituents is 1. The highest BCUT2D eigenvalue weighted by Gasteiger charge is 2.26. The maximum absolute atomic E-state index is 12.1. The highest BCUT2D eigenvalue weighted by molar-refractivity contribution is 7.89. The molecule has 1 rings (SSSR count). The number of nitro groups is 1. The van der Waals surface area contributed by atoms with Crippen LogP contribution >= 0.6 is 0 Å². The Balaban J connectivity index is 3.38. The van der Waals surface area contributed by atoms with Gasteiger partial charge >= 0.3 is 5.97 Å². The number of sulfonamides is 1. The lowest BCUT2D eigenvalue weighted by atomic mass is 10.1. The Morgan fingerprint density at radius 3 is 2.40 bits per heavy atom. The van der Waals surface area contributed by atoms with E-state index >= 15 is 0 Å². The second-order valence-corrected chi connectivity index (χ2v) is 6.01. The van der Waals surface area contributed by atoms with Gasteiger partial charge in [-0.2, -0.15) is 4.72 Å². The quantitative estimate of drug-likeness (QED) is 0.616. The van der Waals surface area contributed by atoms with Crippen molar-refractivity contribution in [3.63, 3.8) is 0 Å². The largest absolute Gasteiger partial charge is 0.480 e. The average molecular weight is 302 g/mol. The predicted octanol–water partition coefficient (Wildman–Crippen LogP) is 0.963. The molecule has 110 valence electrons. The first kappa shape index (κ1) is 16.1. The van der Waals surface area contributed by atoms with E-state index < -0.39 is 27.0 Å². The molecule has 2 N–H and O–H groups in total. The van der Waals surface area contributed by atoms with Gasteiger partial charge in [-0.3, -0.25) is 14.9 Å². The van der Waals surface area contributed by atoms with Gasteiger partial charge in [-0.15, -0.1) is 0 Å². The molecule has 0 heterocycles. The van der Waals surface area contributed by atoms with E-state index in [-0.39, 0.29) is 10.6 Å². The molecule has 0 saturated heterocycles. The first-order chi connectivity index (χ1) is 9.06. The van der Waals surface area contributed by atoms with E-state index in [0.29, 0.717) is 11.1 Å². The SMILES string of the molecule is Cc1cc([N+](=O)[O-])cc(S(=O)(=O)N[C@H](C)C(=O)O)c1C. The van der Waals surface area contributed by atoms with E-state index in [1.54, 1.807) is 6.92 Å². The molecular weight excluding hydrogens is 288 g/mol. The molecular formula is C11H14N2O6S. The van der Waals surface area contributed by atoms with Crippen molar-refractivity contribution in [3.8, 4) is 0 Å². The van der Waals surface area contributed by atoms with Crippen LogP contribution in [0.15, 0.2) is 17.0 Å². The topological polar surface area (TPSA) is 127 Å². The fourth-order valence-electron chi connectivity index (χ4n) is 1.54. The Morgan fingerprint density at radius 1 is 1.40 bits per heavy atom. The van der Waals surface area contributed by atoms with Crippen molar-refractivity contribution in [3.05, 3.63) is 33.4 Å². The Hall–Kier alpha value is -2.00. The number of aliphatic carboxylic acids is 1. The summed E-state index contributed by atoms with van der Waals surface area (Å²) in [6, 6.07) is 0.841. The number of benzene rings is 1. The number of hydrogen-bond acceptors (Lipinski definition) is 5. The summed E-state index contributed by atoms with van der Waals surface area (Å²) in [7, 11) is -4.15. The summed E-state index contributed by atoms with van der Waals surface area (Å²) in [4.78, 5) is 20.5. The maximum atomic E-state index is 12.1.